The smallest absolute Gasteiger partial charge is 0.314 e. The summed E-state index contributed by atoms with van der Waals surface area (Å²) in [5, 5.41) is 2.37. The Morgan fingerprint density at radius 2 is 1.90 bits per heavy atom. The van der Waals surface area contributed by atoms with Crippen LogP contribution in [0.25, 0.3) is 0 Å². The molecule has 0 bridgehead atoms. The maximum Gasteiger partial charge on any atom is 0.314 e. The average molecular weight is 292 g/mol. The number of ether oxygens (including phenoxy) is 1. The Bertz CT molecular complexity index is 524. The van der Waals surface area contributed by atoms with Crippen molar-refractivity contribution in [3.63, 3.8) is 0 Å². The topological polar surface area (TPSA) is 98.5 Å². The normalized spacial score (nSPS) is 10.2. The van der Waals surface area contributed by atoms with Crippen LogP contribution in [0, 0.1) is 5.92 Å². The second kappa shape index (κ2) is 8.04. The number of nitrogens with two attached hydrogens (primary N) is 1. The number of nitrogens with one attached hydrogen (secondary N) is 1. The van der Waals surface area contributed by atoms with Crippen molar-refractivity contribution in [2.75, 3.05) is 6.54 Å². The van der Waals surface area contributed by atoms with Gasteiger partial charge < -0.3 is 15.8 Å². The van der Waals surface area contributed by atoms with E-state index in [0.29, 0.717) is 24.2 Å². The molecule has 0 heterocycles. The molecule has 21 heavy (non-hydrogen) atoms. The van der Waals surface area contributed by atoms with Gasteiger partial charge in [0.25, 0.3) is 5.91 Å². The van der Waals surface area contributed by atoms with Crippen LogP contribution >= 0.6 is 0 Å². The molecular weight excluding hydrogens is 272 g/mol. The van der Waals surface area contributed by atoms with Crippen molar-refractivity contribution in [2.24, 2.45) is 11.7 Å². The Balaban J connectivity index is 2.74. The maximum absolute atomic E-state index is 11.9. The van der Waals surface area contributed by atoms with Crippen LogP contribution in [-0.2, 0) is 9.59 Å². The average Bonchev–Trinajstić information content (AvgIpc) is 2.46. The number of hydrogen-bond acceptors (Lipinski definition) is 4. The van der Waals surface area contributed by atoms with Crippen LogP contribution in [0.2, 0.25) is 0 Å². The highest BCUT2D eigenvalue weighted by Crippen LogP contribution is 2.17. The summed E-state index contributed by atoms with van der Waals surface area (Å²) in [5.74, 6) is -1.24. The van der Waals surface area contributed by atoms with Gasteiger partial charge in [-0.05, 0) is 31.0 Å². The van der Waals surface area contributed by atoms with Gasteiger partial charge in [-0.15, -0.1) is 0 Å². The summed E-state index contributed by atoms with van der Waals surface area (Å²) in [4.78, 5) is 34.3. The fourth-order valence-electron chi connectivity index (χ4n) is 1.79. The molecule has 0 aliphatic heterocycles. The molecule has 0 spiro atoms. The van der Waals surface area contributed by atoms with Gasteiger partial charge in [-0.25, -0.2) is 0 Å². The molecule has 2 amide bonds. The second-order valence-electron chi connectivity index (χ2n) is 4.61. The summed E-state index contributed by atoms with van der Waals surface area (Å²) < 4.78 is 5.26. The van der Waals surface area contributed by atoms with Crippen molar-refractivity contribution < 1.29 is 19.1 Å². The van der Waals surface area contributed by atoms with Crippen LogP contribution in [0.1, 0.15) is 37.0 Å². The van der Waals surface area contributed by atoms with Crippen LogP contribution in [-0.4, -0.2) is 24.3 Å². The first kappa shape index (κ1) is 16.7. The van der Waals surface area contributed by atoms with Crippen molar-refractivity contribution in [3.8, 4) is 5.75 Å². The van der Waals surface area contributed by atoms with Crippen molar-refractivity contribution in [3.05, 3.63) is 29.8 Å². The predicted octanol–water partition coefficient (Wildman–Crippen LogP) is 1.24. The van der Waals surface area contributed by atoms with E-state index in [4.69, 9.17) is 10.5 Å². The summed E-state index contributed by atoms with van der Waals surface area (Å²) in [5.41, 5.74) is 5.25. The summed E-state index contributed by atoms with van der Waals surface area (Å²) >= 11 is 0. The second-order valence-corrected chi connectivity index (χ2v) is 4.61. The minimum Gasteiger partial charge on any atom is -0.426 e. The number of rotatable bonds is 7. The number of benzene rings is 1. The van der Waals surface area contributed by atoms with E-state index in [2.05, 4.69) is 5.32 Å². The predicted molar refractivity (Wildman–Crippen MR) is 77.7 cm³/mol. The molecular formula is C15H20N2O4. The van der Waals surface area contributed by atoms with Crippen LogP contribution in [0.15, 0.2) is 24.3 Å². The molecule has 0 fully saturated rings. The number of amides is 2. The lowest BCUT2D eigenvalue weighted by atomic mass is 10.0. The Morgan fingerprint density at radius 1 is 1.24 bits per heavy atom. The van der Waals surface area contributed by atoms with Gasteiger partial charge in [0, 0.05) is 5.56 Å². The van der Waals surface area contributed by atoms with E-state index in [1.807, 2.05) is 13.8 Å². The molecule has 6 nitrogen and oxygen atoms in total. The molecule has 1 aromatic carbocycles. The summed E-state index contributed by atoms with van der Waals surface area (Å²) in [6, 6.07) is 6.22. The van der Waals surface area contributed by atoms with Gasteiger partial charge in [-0.3, -0.25) is 14.4 Å². The highest BCUT2D eigenvalue weighted by atomic mass is 16.5. The third kappa shape index (κ3) is 5.25. The van der Waals surface area contributed by atoms with Crippen LogP contribution in [0.5, 0.6) is 5.75 Å². The lowest BCUT2D eigenvalue weighted by Crippen LogP contribution is -2.33. The highest BCUT2D eigenvalue weighted by Gasteiger charge is 2.17. The third-order valence-corrected chi connectivity index (χ3v) is 3.06. The lowest BCUT2D eigenvalue weighted by molar-refractivity contribution is -0.139. The first-order chi connectivity index (χ1) is 9.97. The van der Waals surface area contributed by atoms with Gasteiger partial charge in [0.1, 0.15) is 5.75 Å². The van der Waals surface area contributed by atoms with Crippen LogP contribution < -0.4 is 15.8 Å². The number of primary amides is 1. The molecule has 3 N–H and O–H groups in total. The SMILES string of the molecule is CCC(CC)C(=O)Oc1cccc(C(=O)NCC(N)=O)c1. The largest absolute Gasteiger partial charge is 0.426 e. The Labute approximate surface area is 123 Å². The number of carbonyl (C=O) groups is 3. The fraction of sp³-hybridized carbons (Fsp3) is 0.400. The number of carbonyl (C=O) groups excluding carboxylic acids is 3. The first-order valence-corrected chi connectivity index (χ1v) is 6.86. The monoisotopic (exact) mass is 292 g/mol. The molecule has 0 radical (unpaired) electrons. The van der Waals surface area contributed by atoms with Crippen molar-refractivity contribution in [1.82, 2.24) is 5.32 Å². The maximum atomic E-state index is 11.9. The molecule has 114 valence electrons. The van der Waals surface area contributed by atoms with E-state index < -0.39 is 11.8 Å². The number of esters is 1. The number of hydrogen-bond donors (Lipinski definition) is 2. The van der Waals surface area contributed by atoms with Gasteiger partial charge in [0.2, 0.25) is 5.91 Å². The highest BCUT2D eigenvalue weighted by molar-refractivity contribution is 5.96. The summed E-state index contributed by atoms with van der Waals surface area (Å²) in [6.45, 7) is 3.60. The molecule has 0 aromatic heterocycles. The van der Waals surface area contributed by atoms with E-state index in [1.165, 1.54) is 6.07 Å². The van der Waals surface area contributed by atoms with Crippen LogP contribution in [0.3, 0.4) is 0 Å². The third-order valence-electron chi connectivity index (χ3n) is 3.06. The minimum atomic E-state index is -0.625. The zero-order valence-corrected chi connectivity index (χ0v) is 12.2. The quantitative estimate of drug-likeness (QED) is 0.583. The standard InChI is InChI=1S/C15H20N2O4/c1-3-10(4-2)15(20)21-12-7-5-6-11(8-12)14(19)17-9-13(16)18/h5-8,10H,3-4,9H2,1-2H3,(H2,16,18)(H,17,19). The molecule has 0 atom stereocenters. The van der Waals surface area contributed by atoms with Gasteiger partial charge in [-0.1, -0.05) is 19.9 Å². The Morgan fingerprint density at radius 3 is 2.48 bits per heavy atom. The first-order valence-electron chi connectivity index (χ1n) is 6.86. The lowest BCUT2D eigenvalue weighted by Gasteiger charge is -2.12. The fourth-order valence-corrected chi connectivity index (χ4v) is 1.79. The van der Waals surface area contributed by atoms with Crippen molar-refractivity contribution in [2.45, 2.75) is 26.7 Å². The Kier molecular flexibility index (Phi) is 6.39. The molecule has 0 saturated carbocycles. The van der Waals surface area contributed by atoms with E-state index in [0.717, 1.165) is 0 Å². The zero-order chi connectivity index (χ0) is 15.8. The van der Waals surface area contributed by atoms with Gasteiger partial charge >= 0.3 is 5.97 Å². The van der Waals surface area contributed by atoms with Crippen molar-refractivity contribution in [1.29, 1.82) is 0 Å². The molecule has 0 saturated heterocycles. The van der Waals surface area contributed by atoms with E-state index >= 15 is 0 Å². The molecule has 6 heteroatoms. The van der Waals surface area contributed by atoms with Gasteiger partial charge in [0.05, 0.1) is 12.5 Å². The zero-order valence-electron chi connectivity index (χ0n) is 12.2. The minimum absolute atomic E-state index is 0.155. The van der Waals surface area contributed by atoms with Crippen molar-refractivity contribution >= 4 is 17.8 Å². The van der Waals surface area contributed by atoms with Gasteiger partial charge in [0.15, 0.2) is 0 Å². The van der Waals surface area contributed by atoms with E-state index in [1.54, 1.807) is 18.2 Å². The molecule has 0 unspecified atom stereocenters. The van der Waals surface area contributed by atoms with E-state index in [9.17, 15) is 14.4 Å². The molecule has 1 rings (SSSR count). The van der Waals surface area contributed by atoms with E-state index in [-0.39, 0.29) is 18.4 Å². The molecule has 0 aliphatic carbocycles. The Hall–Kier alpha value is -2.37. The van der Waals surface area contributed by atoms with Gasteiger partial charge in [-0.2, -0.15) is 0 Å². The molecule has 1 aromatic rings. The molecule has 0 aliphatic rings. The summed E-state index contributed by atoms with van der Waals surface area (Å²) in [7, 11) is 0. The van der Waals surface area contributed by atoms with Crippen LogP contribution in [0.4, 0.5) is 0 Å². The summed E-state index contributed by atoms with van der Waals surface area (Å²) in [6.07, 6.45) is 1.41.